The molecule has 0 aliphatic carbocycles. The molecule has 3 aromatic rings. The molecule has 0 nitrogen and oxygen atoms in total. The first-order valence-electron chi connectivity index (χ1n) is 12.6. The van der Waals surface area contributed by atoms with Crippen LogP contribution in [0.5, 0.6) is 0 Å². The predicted octanol–water partition coefficient (Wildman–Crippen LogP) is 9.37. The summed E-state index contributed by atoms with van der Waals surface area (Å²) in [7, 11) is -0.863. The maximum Gasteiger partial charge on any atom is 0.0280 e. The Kier molecular flexibility index (Phi) is 8.14. The molecule has 182 valence electrons. The van der Waals surface area contributed by atoms with Gasteiger partial charge in [0.2, 0.25) is 0 Å². The quantitative estimate of drug-likeness (QED) is 0.259. The van der Waals surface area contributed by atoms with Crippen LogP contribution in [0.1, 0.15) is 90.1 Å². The molecule has 0 aliphatic rings. The van der Waals surface area contributed by atoms with Crippen molar-refractivity contribution in [1.82, 2.24) is 0 Å². The fourth-order valence-corrected chi connectivity index (χ4v) is 6.23. The second kappa shape index (κ2) is 10.6. The van der Waals surface area contributed by atoms with Crippen LogP contribution in [-0.2, 0) is 16.2 Å². The minimum absolute atomic E-state index is 0.00614. The van der Waals surface area contributed by atoms with Crippen molar-refractivity contribution in [3.8, 4) is 11.6 Å². The summed E-state index contributed by atoms with van der Waals surface area (Å²) >= 11 is 0. The van der Waals surface area contributed by atoms with Gasteiger partial charge in [0.1, 0.15) is 0 Å². The van der Waals surface area contributed by atoms with E-state index in [4.69, 9.17) is 0 Å². The maximum absolute atomic E-state index is 3.73. The molecule has 0 radical (unpaired) electrons. The lowest BCUT2D eigenvalue weighted by Crippen LogP contribution is -2.31. The van der Waals surface area contributed by atoms with Crippen LogP contribution in [-0.4, -0.2) is 0 Å². The van der Waals surface area contributed by atoms with Gasteiger partial charge in [0.25, 0.3) is 0 Å². The molecular weight excluding hydrogens is 439 g/mol. The van der Waals surface area contributed by atoms with Crippen molar-refractivity contribution in [2.45, 2.75) is 78.6 Å². The van der Waals surface area contributed by atoms with E-state index in [0.29, 0.717) is 0 Å². The first kappa shape index (κ1) is 27.0. The standard InChI is InChI=1S/C34H41P/c1-32(2,3)28-24-29(33(4,5)6)31(30(25-28)34(7,8)9)35(22-20-26-16-12-10-13-17-26)23-21-27-18-14-11-15-19-27/h10-20,22,24-25H,1-9H3/b22-20+. The zero-order valence-corrected chi connectivity index (χ0v) is 23.9. The van der Waals surface area contributed by atoms with Gasteiger partial charge in [0.15, 0.2) is 0 Å². The van der Waals surface area contributed by atoms with Crippen molar-refractivity contribution in [3.05, 3.63) is 106 Å². The molecule has 0 aliphatic heterocycles. The van der Waals surface area contributed by atoms with Crippen LogP contribution in [0.3, 0.4) is 0 Å². The van der Waals surface area contributed by atoms with Crippen molar-refractivity contribution in [1.29, 1.82) is 0 Å². The van der Waals surface area contributed by atoms with Gasteiger partial charge in [0.05, 0.1) is 0 Å². The SMILES string of the molecule is CC(C)(C)c1cc(C(C)(C)C)c(P(C#Cc2ccccc2)/C=C/c2ccccc2)c(C(C)(C)C)c1. The summed E-state index contributed by atoms with van der Waals surface area (Å²) in [5, 5.41) is 1.42. The summed E-state index contributed by atoms with van der Waals surface area (Å²) in [6, 6.07) is 25.9. The molecule has 0 fully saturated rings. The normalized spacial score (nSPS) is 13.4. The fourth-order valence-electron chi connectivity index (χ4n) is 4.01. The monoisotopic (exact) mass is 480 g/mol. The predicted molar refractivity (Wildman–Crippen MR) is 158 cm³/mol. The van der Waals surface area contributed by atoms with Gasteiger partial charge in [-0.1, -0.05) is 141 Å². The number of benzene rings is 3. The second-order valence-corrected chi connectivity index (χ2v) is 14.1. The van der Waals surface area contributed by atoms with Crippen LogP contribution < -0.4 is 5.30 Å². The Labute approximate surface area is 215 Å². The van der Waals surface area contributed by atoms with Crippen LogP contribution in [0.2, 0.25) is 0 Å². The van der Waals surface area contributed by atoms with E-state index in [-0.39, 0.29) is 16.2 Å². The lowest BCUT2D eigenvalue weighted by Gasteiger charge is -2.34. The highest BCUT2D eigenvalue weighted by Gasteiger charge is 2.31. The van der Waals surface area contributed by atoms with Gasteiger partial charge in [-0.15, -0.1) is 0 Å². The molecule has 0 saturated carbocycles. The average molecular weight is 481 g/mol. The van der Waals surface area contributed by atoms with Gasteiger partial charge < -0.3 is 0 Å². The maximum atomic E-state index is 3.73. The summed E-state index contributed by atoms with van der Waals surface area (Å²) in [6.07, 6.45) is 2.25. The van der Waals surface area contributed by atoms with Crippen LogP contribution in [0, 0.1) is 11.6 Å². The Morgan fingerprint density at radius 2 is 1.11 bits per heavy atom. The minimum atomic E-state index is -0.863. The molecule has 3 aromatic carbocycles. The molecule has 0 N–H and O–H groups in total. The molecule has 0 heterocycles. The Balaban J connectivity index is 2.33. The Morgan fingerprint density at radius 3 is 1.57 bits per heavy atom. The summed E-state index contributed by atoms with van der Waals surface area (Å²) < 4.78 is 0. The highest BCUT2D eigenvalue weighted by atomic mass is 31.1. The van der Waals surface area contributed by atoms with Crippen molar-refractivity contribution in [2.75, 3.05) is 0 Å². The van der Waals surface area contributed by atoms with E-state index in [1.165, 1.54) is 27.6 Å². The van der Waals surface area contributed by atoms with Crippen LogP contribution in [0.25, 0.3) is 6.08 Å². The lowest BCUT2D eigenvalue weighted by atomic mass is 9.75. The molecule has 1 unspecified atom stereocenters. The first-order chi connectivity index (χ1) is 16.3. The molecule has 0 aromatic heterocycles. The highest BCUT2D eigenvalue weighted by molar-refractivity contribution is 7.73. The topological polar surface area (TPSA) is 0 Å². The molecule has 1 atom stereocenters. The smallest absolute Gasteiger partial charge is 0.0280 e. The van der Waals surface area contributed by atoms with E-state index in [0.717, 1.165) is 5.56 Å². The molecule has 1 heteroatoms. The van der Waals surface area contributed by atoms with Gasteiger partial charge >= 0.3 is 0 Å². The number of rotatable bonds is 3. The van der Waals surface area contributed by atoms with E-state index in [9.17, 15) is 0 Å². The molecule has 35 heavy (non-hydrogen) atoms. The second-order valence-electron chi connectivity index (χ2n) is 12.4. The molecule has 0 spiro atoms. The average Bonchev–Trinajstić information content (AvgIpc) is 2.78. The molecule has 3 rings (SSSR count). The van der Waals surface area contributed by atoms with Crippen molar-refractivity contribution in [2.24, 2.45) is 0 Å². The van der Waals surface area contributed by atoms with Crippen molar-refractivity contribution < 1.29 is 0 Å². The Bertz CT molecular complexity index is 1180. The molecule has 0 saturated heterocycles. The highest BCUT2D eigenvalue weighted by Crippen LogP contribution is 2.45. The molecule has 0 amide bonds. The van der Waals surface area contributed by atoms with E-state index < -0.39 is 7.92 Å². The summed E-state index contributed by atoms with van der Waals surface area (Å²) in [5.41, 5.74) is 10.3. The van der Waals surface area contributed by atoms with Crippen LogP contribution in [0.15, 0.2) is 78.6 Å². The molecule has 0 bridgehead atoms. The van der Waals surface area contributed by atoms with E-state index in [2.05, 4.69) is 153 Å². The van der Waals surface area contributed by atoms with Gasteiger partial charge in [0, 0.05) is 13.5 Å². The van der Waals surface area contributed by atoms with Gasteiger partial charge in [-0.25, -0.2) is 0 Å². The summed E-state index contributed by atoms with van der Waals surface area (Å²) in [5.74, 6) is 5.87. The number of hydrogen-bond donors (Lipinski definition) is 0. The van der Waals surface area contributed by atoms with Crippen molar-refractivity contribution >= 4 is 19.3 Å². The summed E-state index contributed by atoms with van der Waals surface area (Å²) in [6.45, 7) is 21.0. The third kappa shape index (κ3) is 7.19. The third-order valence-corrected chi connectivity index (χ3v) is 7.91. The largest absolute Gasteiger partial charge is 0.0622 e. The van der Waals surface area contributed by atoms with E-state index >= 15 is 0 Å². The molecular formula is C34H41P. The summed E-state index contributed by atoms with van der Waals surface area (Å²) in [4.78, 5) is 0. The van der Waals surface area contributed by atoms with Crippen LogP contribution in [0.4, 0.5) is 0 Å². The third-order valence-electron chi connectivity index (χ3n) is 6.14. The Hall–Kier alpha value is -2.61. The zero-order valence-electron chi connectivity index (χ0n) is 23.0. The lowest BCUT2D eigenvalue weighted by molar-refractivity contribution is 0.553. The van der Waals surface area contributed by atoms with Crippen LogP contribution >= 0.6 is 7.92 Å². The van der Waals surface area contributed by atoms with Gasteiger partial charge in [-0.05, 0) is 61.8 Å². The number of hydrogen-bond acceptors (Lipinski definition) is 0. The van der Waals surface area contributed by atoms with Gasteiger partial charge in [-0.3, -0.25) is 0 Å². The first-order valence-corrected chi connectivity index (χ1v) is 14.0. The minimum Gasteiger partial charge on any atom is -0.0622 e. The Morgan fingerprint density at radius 1 is 0.629 bits per heavy atom. The van der Waals surface area contributed by atoms with Gasteiger partial charge in [-0.2, -0.15) is 0 Å². The van der Waals surface area contributed by atoms with E-state index in [1.54, 1.807) is 0 Å². The zero-order chi connectivity index (χ0) is 25.9. The van der Waals surface area contributed by atoms with Crippen molar-refractivity contribution in [3.63, 3.8) is 0 Å². The van der Waals surface area contributed by atoms with E-state index in [1.807, 2.05) is 6.07 Å². The fraction of sp³-hybridized carbons (Fsp3) is 0.353.